The van der Waals surface area contributed by atoms with Crippen LogP contribution in [0.25, 0.3) is 0 Å². The Bertz CT molecular complexity index is 379. The first-order valence-electron chi connectivity index (χ1n) is 4.60. The van der Waals surface area contributed by atoms with Gasteiger partial charge in [0.25, 0.3) is 0 Å². The Morgan fingerprint density at radius 1 is 1.24 bits per heavy atom. The lowest BCUT2D eigenvalue weighted by molar-refractivity contribution is -0.275. The van der Waals surface area contributed by atoms with Crippen LogP contribution in [-0.4, -0.2) is 27.3 Å². The largest absolute Gasteiger partial charge is 0.573 e. The Morgan fingerprint density at radius 3 is 2.35 bits per heavy atom. The number of ether oxygens (including phenoxy) is 2. The minimum atomic E-state index is -4.85. The minimum Gasteiger partial charge on any atom is -0.457 e. The molecule has 0 fully saturated rings. The first-order chi connectivity index (χ1) is 7.85. The molecule has 0 heterocycles. The number of halogens is 4. The molecule has 0 atom stereocenters. The predicted octanol–water partition coefficient (Wildman–Crippen LogP) is 2.96. The number of hydrogen-bond acceptors (Lipinski definition) is 3. The van der Waals surface area contributed by atoms with Crippen molar-refractivity contribution in [2.75, 3.05) is 25.9 Å². The average Bonchev–Trinajstić information content (AvgIpc) is 2.18. The van der Waals surface area contributed by atoms with Crippen LogP contribution in [0.2, 0.25) is 0 Å². The summed E-state index contributed by atoms with van der Waals surface area (Å²) >= 11 is 0. The van der Waals surface area contributed by atoms with Gasteiger partial charge in [-0.15, -0.1) is 13.2 Å². The first kappa shape index (κ1) is 13.4. The van der Waals surface area contributed by atoms with E-state index in [1.807, 2.05) is 0 Å². The maximum Gasteiger partial charge on any atom is 0.573 e. The average molecular weight is 253 g/mol. The molecule has 0 spiro atoms. The van der Waals surface area contributed by atoms with Crippen LogP contribution >= 0.6 is 0 Å². The molecule has 0 aliphatic carbocycles. The maximum atomic E-state index is 12.2. The van der Waals surface area contributed by atoms with Gasteiger partial charge in [0.2, 0.25) is 6.86 Å². The van der Waals surface area contributed by atoms with Crippen LogP contribution < -0.4 is 14.4 Å². The van der Waals surface area contributed by atoms with Gasteiger partial charge in [0.1, 0.15) is 0 Å². The van der Waals surface area contributed by atoms with Crippen LogP contribution in [-0.2, 0) is 0 Å². The zero-order valence-corrected chi connectivity index (χ0v) is 9.21. The van der Waals surface area contributed by atoms with Crippen molar-refractivity contribution >= 4 is 5.69 Å². The van der Waals surface area contributed by atoms with E-state index in [-0.39, 0.29) is 5.75 Å². The van der Waals surface area contributed by atoms with E-state index in [4.69, 9.17) is 0 Å². The molecule has 0 bridgehead atoms. The molecule has 0 aliphatic rings. The van der Waals surface area contributed by atoms with Crippen molar-refractivity contribution in [1.29, 1.82) is 0 Å². The van der Waals surface area contributed by atoms with E-state index < -0.39 is 19.0 Å². The van der Waals surface area contributed by atoms with Crippen molar-refractivity contribution in [1.82, 2.24) is 0 Å². The van der Waals surface area contributed by atoms with Crippen molar-refractivity contribution in [3.63, 3.8) is 0 Å². The fourth-order valence-electron chi connectivity index (χ4n) is 1.26. The van der Waals surface area contributed by atoms with Crippen molar-refractivity contribution in [3.05, 3.63) is 18.2 Å². The Kier molecular flexibility index (Phi) is 4.03. The van der Waals surface area contributed by atoms with E-state index in [1.54, 1.807) is 14.1 Å². The summed E-state index contributed by atoms with van der Waals surface area (Å²) in [5, 5.41) is 0. The summed E-state index contributed by atoms with van der Waals surface area (Å²) in [7, 11) is 3.19. The predicted molar refractivity (Wildman–Crippen MR) is 54.1 cm³/mol. The van der Waals surface area contributed by atoms with Gasteiger partial charge in [-0.25, -0.2) is 4.39 Å². The molecule has 0 unspecified atom stereocenters. The quantitative estimate of drug-likeness (QED) is 0.770. The van der Waals surface area contributed by atoms with Crippen LogP contribution in [0.5, 0.6) is 11.5 Å². The molecule has 0 saturated carbocycles. The number of nitrogens with zero attached hydrogens (tertiary/aromatic N) is 1. The Morgan fingerprint density at radius 2 is 1.88 bits per heavy atom. The third-order valence-electron chi connectivity index (χ3n) is 1.86. The normalized spacial score (nSPS) is 11.2. The molecular formula is C10H11F4NO2. The third kappa shape index (κ3) is 3.69. The number of rotatable bonds is 4. The molecule has 1 aromatic rings. The molecule has 1 rings (SSSR count). The highest BCUT2D eigenvalue weighted by Crippen LogP contribution is 2.39. The van der Waals surface area contributed by atoms with Gasteiger partial charge in [0, 0.05) is 14.1 Å². The zero-order chi connectivity index (χ0) is 13.1. The van der Waals surface area contributed by atoms with Crippen LogP contribution in [0.15, 0.2) is 18.2 Å². The van der Waals surface area contributed by atoms with Crippen molar-refractivity contribution in [3.8, 4) is 11.5 Å². The highest BCUT2D eigenvalue weighted by Gasteiger charge is 2.33. The smallest absolute Gasteiger partial charge is 0.457 e. The van der Waals surface area contributed by atoms with Crippen LogP contribution in [0.1, 0.15) is 0 Å². The summed E-state index contributed by atoms with van der Waals surface area (Å²) in [4.78, 5) is 1.49. The van der Waals surface area contributed by atoms with E-state index in [2.05, 4.69) is 9.47 Å². The lowest BCUT2D eigenvalue weighted by Crippen LogP contribution is -2.19. The van der Waals surface area contributed by atoms with Gasteiger partial charge in [0.05, 0.1) is 5.69 Å². The number of anilines is 1. The molecule has 17 heavy (non-hydrogen) atoms. The summed E-state index contributed by atoms with van der Waals surface area (Å²) in [5.41, 5.74) is 0.296. The molecule has 1 aromatic carbocycles. The molecule has 0 amide bonds. The number of alkyl halides is 4. The van der Waals surface area contributed by atoms with Crippen LogP contribution in [0, 0.1) is 0 Å². The number of para-hydroxylation sites is 1. The number of hydrogen-bond donors (Lipinski definition) is 0. The number of benzene rings is 1. The zero-order valence-electron chi connectivity index (χ0n) is 9.21. The highest BCUT2D eigenvalue weighted by molar-refractivity contribution is 5.64. The van der Waals surface area contributed by atoms with E-state index in [9.17, 15) is 17.6 Å². The van der Waals surface area contributed by atoms with Gasteiger partial charge in [-0.2, -0.15) is 0 Å². The van der Waals surface area contributed by atoms with Gasteiger partial charge in [-0.3, -0.25) is 0 Å². The third-order valence-corrected chi connectivity index (χ3v) is 1.86. The Labute approximate surface area is 95.5 Å². The standard InChI is InChI=1S/C10H11F4NO2/c1-15(2)7-4-3-5-8(9(7)16-6-11)17-10(12,13)14/h3-5H,6H2,1-2H3. The van der Waals surface area contributed by atoms with Gasteiger partial charge in [-0.05, 0) is 12.1 Å². The maximum absolute atomic E-state index is 12.2. The lowest BCUT2D eigenvalue weighted by atomic mass is 10.2. The van der Waals surface area contributed by atoms with Crippen LogP contribution in [0.3, 0.4) is 0 Å². The van der Waals surface area contributed by atoms with Gasteiger partial charge in [0.15, 0.2) is 11.5 Å². The van der Waals surface area contributed by atoms with E-state index >= 15 is 0 Å². The molecule has 3 nitrogen and oxygen atoms in total. The fourth-order valence-corrected chi connectivity index (χ4v) is 1.26. The summed E-state index contributed by atoms with van der Waals surface area (Å²) < 4.78 is 56.8. The van der Waals surface area contributed by atoms with E-state index in [1.165, 1.54) is 17.0 Å². The van der Waals surface area contributed by atoms with Crippen molar-refractivity contribution in [2.45, 2.75) is 6.36 Å². The molecule has 0 radical (unpaired) electrons. The summed E-state index contributed by atoms with van der Waals surface area (Å²) in [6, 6.07) is 3.92. The second kappa shape index (κ2) is 5.11. The Balaban J connectivity index is 3.15. The summed E-state index contributed by atoms with van der Waals surface area (Å²) in [6.07, 6.45) is -4.85. The van der Waals surface area contributed by atoms with Crippen molar-refractivity contribution < 1.29 is 27.0 Å². The molecular weight excluding hydrogens is 242 g/mol. The van der Waals surface area contributed by atoms with Gasteiger partial charge in [-0.1, -0.05) is 6.07 Å². The molecule has 0 N–H and O–H groups in total. The summed E-state index contributed by atoms with van der Waals surface area (Å²) in [6.45, 7) is -1.24. The Hall–Kier alpha value is -1.66. The minimum absolute atomic E-state index is 0.280. The topological polar surface area (TPSA) is 21.7 Å². The summed E-state index contributed by atoms with van der Waals surface area (Å²) in [5.74, 6) is -0.848. The second-order valence-corrected chi connectivity index (χ2v) is 3.30. The monoisotopic (exact) mass is 253 g/mol. The first-order valence-corrected chi connectivity index (χ1v) is 4.60. The van der Waals surface area contributed by atoms with E-state index in [0.29, 0.717) is 5.69 Å². The molecule has 0 saturated heterocycles. The van der Waals surface area contributed by atoms with Crippen LogP contribution in [0.4, 0.5) is 23.2 Å². The van der Waals surface area contributed by atoms with Gasteiger partial charge < -0.3 is 14.4 Å². The SMILES string of the molecule is CN(C)c1cccc(OC(F)(F)F)c1OCF. The molecule has 0 aliphatic heterocycles. The second-order valence-electron chi connectivity index (χ2n) is 3.30. The molecule has 7 heteroatoms. The molecule has 0 aromatic heterocycles. The molecule has 96 valence electrons. The highest BCUT2D eigenvalue weighted by atomic mass is 19.4. The van der Waals surface area contributed by atoms with E-state index in [0.717, 1.165) is 6.07 Å². The fraction of sp³-hybridized carbons (Fsp3) is 0.400. The lowest BCUT2D eigenvalue weighted by Gasteiger charge is -2.20. The van der Waals surface area contributed by atoms with Crippen molar-refractivity contribution in [2.24, 2.45) is 0 Å². The van der Waals surface area contributed by atoms with Gasteiger partial charge >= 0.3 is 6.36 Å².